The number of carbonyl (C=O) groups is 2. The molecule has 4 rings (SSSR count). The van der Waals surface area contributed by atoms with Crippen molar-refractivity contribution >= 4 is 17.6 Å². The van der Waals surface area contributed by atoms with E-state index in [9.17, 15) is 9.59 Å². The summed E-state index contributed by atoms with van der Waals surface area (Å²) in [6, 6.07) is 19.3. The van der Waals surface area contributed by atoms with Crippen LogP contribution in [0.5, 0.6) is 0 Å². The summed E-state index contributed by atoms with van der Waals surface area (Å²) >= 11 is 0. The van der Waals surface area contributed by atoms with Gasteiger partial charge in [0, 0.05) is 18.3 Å². The van der Waals surface area contributed by atoms with E-state index < -0.39 is 0 Å². The second kappa shape index (κ2) is 9.73. The molecule has 0 atom stereocenters. The maximum atomic E-state index is 13.3. The molecule has 0 unspecified atom stereocenters. The number of nitrogens with zero attached hydrogens (tertiary/aromatic N) is 2. The van der Waals surface area contributed by atoms with E-state index in [-0.39, 0.29) is 24.5 Å². The maximum absolute atomic E-state index is 13.3. The summed E-state index contributed by atoms with van der Waals surface area (Å²) < 4.78 is 5.48. The lowest BCUT2D eigenvalue weighted by Gasteiger charge is -2.28. The van der Waals surface area contributed by atoms with E-state index in [0.29, 0.717) is 18.8 Å². The van der Waals surface area contributed by atoms with Gasteiger partial charge in [0.15, 0.2) is 0 Å². The second-order valence-corrected chi connectivity index (χ2v) is 8.42. The Morgan fingerprint density at radius 3 is 2.44 bits per heavy atom. The molecule has 1 aromatic heterocycles. The normalized spacial score (nSPS) is 12.9. The Labute approximate surface area is 188 Å². The van der Waals surface area contributed by atoms with Crippen LogP contribution in [0.4, 0.5) is 10.5 Å². The molecule has 1 fully saturated rings. The number of urea groups is 1. The first kappa shape index (κ1) is 21.7. The first-order valence-electron chi connectivity index (χ1n) is 11.0. The van der Waals surface area contributed by atoms with E-state index >= 15 is 0 Å². The Hall–Kier alpha value is -3.54. The summed E-state index contributed by atoms with van der Waals surface area (Å²) in [6.45, 7) is 4.85. The predicted octanol–water partition coefficient (Wildman–Crippen LogP) is 5.12. The average molecular weight is 432 g/mol. The summed E-state index contributed by atoms with van der Waals surface area (Å²) in [7, 11) is 0. The minimum Gasteiger partial charge on any atom is -0.467 e. The van der Waals surface area contributed by atoms with E-state index in [1.54, 1.807) is 16.1 Å². The molecule has 32 heavy (non-hydrogen) atoms. The Morgan fingerprint density at radius 2 is 1.78 bits per heavy atom. The van der Waals surface area contributed by atoms with Crippen molar-refractivity contribution in [2.75, 3.05) is 11.9 Å². The molecule has 3 amide bonds. The molecule has 166 valence electrons. The number of nitrogens with one attached hydrogen (secondary N) is 1. The zero-order valence-electron chi connectivity index (χ0n) is 18.6. The Kier molecular flexibility index (Phi) is 6.59. The van der Waals surface area contributed by atoms with Crippen LogP contribution in [0.1, 0.15) is 35.3 Å². The van der Waals surface area contributed by atoms with Gasteiger partial charge in [0.25, 0.3) is 0 Å². The fraction of sp³-hybridized carbons (Fsp3) is 0.308. The maximum Gasteiger partial charge on any atom is 0.322 e. The van der Waals surface area contributed by atoms with E-state index in [1.807, 2.05) is 74.5 Å². The number of aryl methyl sites for hydroxylation is 2. The van der Waals surface area contributed by atoms with Gasteiger partial charge in [0.2, 0.25) is 5.91 Å². The molecule has 0 aliphatic heterocycles. The summed E-state index contributed by atoms with van der Waals surface area (Å²) in [4.78, 5) is 29.9. The van der Waals surface area contributed by atoms with E-state index in [1.165, 1.54) is 0 Å². The number of hydrogen-bond donors (Lipinski definition) is 1. The van der Waals surface area contributed by atoms with Crippen LogP contribution in [0.15, 0.2) is 71.3 Å². The minimum absolute atomic E-state index is 0.0367. The van der Waals surface area contributed by atoms with Gasteiger partial charge in [0.05, 0.1) is 12.8 Å². The lowest BCUT2D eigenvalue weighted by Crippen LogP contribution is -2.45. The molecule has 2 aromatic carbocycles. The number of rotatable bonds is 8. The molecular formula is C26H29N3O3. The fourth-order valence-electron chi connectivity index (χ4n) is 3.77. The van der Waals surface area contributed by atoms with Gasteiger partial charge in [-0.25, -0.2) is 4.79 Å². The molecule has 3 aromatic rings. The largest absolute Gasteiger partial charge is 0.467 e. The van der Waals surface area contributed by atoms with Crippen molar-refractivity contribution in [3.8, 4) is 0 Å². The SMILES string of the molecule is Cc1ccc(NC(=O)N(CC(=O)N(Cc2ccccc2)Cc2ccco2)C2CC2)c(C)c1. The predicted molar refractivity (Wildman–Crippen MR) is 124 cm³/mol. The fourth-order valence-corrected chi connectivity index (χ4v) is 3.77. The van der Waals surface area contributed by atoms with Gasteiger partial charge in [-0.2, -0.15) is 0 Å². The first-order chi connectivity index (χ1) is 15.5. The van der Waals surface area contributed by atoms with Crippen molar-refractivity contribution < 1.29 is 14.0 Å². The summed E-state index contributed by atoms with van der Waals surface area (Å²) in [5.41, 5.74) is 3.95. The molecule has 1 N–H and O–H groups in total. The van der Waals surface area contributed by atoms with Crippen molar-refractivity contribution in [2.45, 2.75) is 45.8 Å². The number of anilines is 1. The highest BCUT2D eigenvalue weighted by molar-refractivity contribution is 5.93. The molecule has 1 aliphatic rings. The standard InChI is InChI=1S/C26H29N3O3/c1-19-10-13-24(20(2)15-19)27-26(31)29(22-11-12-22)18-25(30)28(17-23-9-6-14-32-23)16-21-7-4-3-5-8-21/h3-10,13-15,22H,11-12,16-18H2,1-2H3,(H,27,31). The molecule has 0 spiro atoms. The second-order valence-electron chi connectivity index (χ2n) is 8.42. The van der Waals surface area contributed by atoms with Gasteiger partial charge >= 0.3 is 6.03 Å². The molecule has 1 heterocycles. The molecule has 1 aliphatic carbocycles. The van der Waals surface area contributed by atoms with Gasteiger partial charge in [0.1, 0.15) is 12.3 Å². The van der Waals surface area contributed by atoms with Crippen molar-refractivity contribution in [1.82, 2.24) is 9.80 Å². The van der Waals surface area contributed by atoms with E-state index in [2.05, 4.69) is 5.32 Å². The van der Waals surface area contributed by atoms with Gasteiger partial charge < -0.3 is 19.5 Å². The van der Waals surface area contributed by atoms with Crippen LogP contribution in [0.2, 0.25) is 0 Å². The average Bonchev–Trinajstić information content (AvgIpc) is 3.49. The van der Waals surface area contributed by atoms with Crippen LogP contribution in [0.3, 0.4) is 0 Å². The highest BCUT2D eigenvalue weighted by atomic mass is 16.3. The lowest BCUT2D eigenvalue weighted by atomic mass is 10.1. The van der Waals surface area contributed by atoms with Gasteiger partial charge in [-0.1, -0.05) is 48.0 Å². The third-order valence-electron chi connectivity index (χ3n) is 5.67. The molecule has 0 saturated heterocycles. The van der Waals surface area contributed by atoms with Crippen molar-refractivity contribution in [3.63, 3.8) is 0 Å². The summed E-state index contributed by atoms with van der Waals surface area (Å²) in [6.07, 6.45) is 3.45. The summed E-state index contributed by atoms with van der Waals surface area (Å²) in [5, 5.41) is 3.00. The number of hydrogen-bond acceptors (Lipinski definition) is 3. The van der Waals surface area contributed by atoms with Crippen LogP contribution < -0.4 is 5.32 Å². The molecule has 0 radical (unpaired) electrons. The highest BCUT2D eigenvalue weighted by Crippen LogP contribution is 2.28. The Balaban J connectivity index is 1.48. The van der Waals surface area contributed by atoms with Crippen molar-refractivity contribution in [2.24, 2.45) is 0 Å². The highest BCUT2D eigenvalue weighted by Gasteiger charge is 2.35. The summed E-state index contributed by atoms with van der Waals surface area (Å²) in [5.74, 6) is 0.611. The Bertz CT molecular complexity index is 1060. The van der Waals surface area contributed by atoms with Crippen LogP contribution in [-0.2, 0) is 17.9 Å². The van der Waals surface area contributed by atoms with Gasteiger partial charge in [-0.3, -0.25) is 4.79 Å². The van der Waals surface area contributed by atoms with Crippen LogP contribution in [-0.4, -0.2) is 34.3 Å². The van der Waals surface area contributed by atoms with Gasteiger partial charge in [-0.05, 0) is 56.0 Å². The number of amides is 3. The third-order valence-corrected chi connectivity index (χ3v) is 5.67. The van der Waals surface area contributed by atoms with Crippen LogP contribution in [0.25, 0.3) is 0 Å². The molecular weight excluding hydrogens is 402 g/mol. The molecule has 6 nitrogen and oxygen atoms in total. The van der Waals surface area contributed by atoms with Crippen LogP contribution in [0, 0.1) is 13.8 Å². The monoisotopic (exact) mass is 431 g/mol. The zero-order valence-corrected chi connectivity index (χ0v) is 18.6. The van der Waals surface area contributed by atoms with Crippen LogP contribution >= 0.6 is 0 Å². The smallest absolute Gasteiger partial charge is 0.322 e. The Morgan fingerprint density at radius 1 is 1.00 bits per heavy atom. The molecule has 1 saturated carbocycles. The minimum atomic E-state index is -0.231. The first-order valence-corrected chi connectivity index (χ1v) is 11.0. The number of carbonyl (C=O) groups excluding carboxylic acids is 2. The number of benzene rings is 2. The van der Waals surface area contributed by atoms with E-state index in [0.717, 1.165) is 35.2 Å². The number of furan rings is 1. The topological polar surface area (TPSA) is 65.8 Å². The quantitative estimate of drug-likeness (QED) is 0.538. The third kappa shape index (κ3) is 5.58. The molecule has 6 heteroatoms. The van der Waals surface area contributed by atoms with Crippen molar-refractivity contribution in [1.29, 1.82) is 0 Å². The van der Waals surface area contributed by atoms with Gasteiger partial charge in [-0.15, -0.1) is 0 Å². The zero-order chi connectivity index (χ0) is 22.5. The van der Waals surface area contributed by atoms with E-state index in [4.69, 9.17) is 4.42 Å². The van der Waals surface area contributed by atoms with Crippen molar-refractivity contribution in [3.05, 3.63) is 89.4 Å². The lowest BCUT2D eigenvalue weighted by molar-refractivity contribution is -0.133. The molecule has 0 bridgehead atoms.